The van der Waals surface area contributed by atoms with Crippen LogP contribution in [0.5, 0.6) is 28.7 Å². The largest absolute Gasteiger partial charge is 0.504 e. The number of cyclic esters (lactones) is 1. The second kappa shape index (κ2) is 9.89. The van der Waals surface area contributed by atoms with Gasteiger partial charge in [-0.25, -0.2) is 0 Å². The molecule has 13 heteroatoms. The summed E-state index contributed by atoms with van der Waals surface area (Å²) in [6.45, 7) is 1.85. The lowest BCUT2D eigenvalue weighted by atomic mass is 9.66. The summed E-state index contributed by atoms with van der Waals surface area (Å²) >= 11 is 0. The van der Waals surface area contributed by atoms with Crippen LogP contribution in [0.4, 0.5) is 0 Å². The van der Waals surface area contributed by atoms with Crippen molar-refractivity contribution >= 4 is 5.97 Å². The van der Waals surface area contributed by atoms with E-state index in [1.807, 2.05) is 0 Å². The van der Waals surface area contributed by atoms with Gasteiger partial charge in [-0.15, -0.1) is 0 Å². The van der Waals surface area contributed by atoms with Gasteiger partial charge in [-0.3, -0.25) is 4.79 Å². The van der Waals surface area contributed by atoms with Crippen LogP contribution in [-0.2, 0) is 28.5 Å². The fraction of sp³-hybridized carbons (Fsp3) is 0.536. The minimum Gasteiger partial charge on any atom is -0.504 e. The van der Waals surface area contributed by atoms with E-state index in [2.05, 4.69) is 0 Å². The predicted octanol–water partition coefficient (Wildman–Crippen LogP) is 1.04. The van der Waals surface area contributed by atoms with Crippen molar-refractivity contribution in [2.45, 2.75) is 55.9 Å². The molecule has 41 heavy (non-hydrogen) atoms. The zero-order valence-electron chi connectivity index (χ0n) is 22.2. The number of fused-ring (bicyclic) bond motifs is 4. The molecule has 1 aliphatic carbocycles. The van der Waals surface area contributed by atoms with Crippen molar-refractivity contribution < 1.29 is 63.1 Å². The number of hydrogen-bond acceptors (Lipinski definition) is 13. The van der Waals surface area contributed by atoms with E-state index in [1.54, 1.807) is 25.1 Å². The highest BCUT2D eigenvalue weighted by molar-refractivity contribution is 5.79. The number of aliphatic hydroxyl groups is 2. The number of benzene rings is 2. The van der Waals surface area contributed by atoms with Crippen LogP contribution in [0, 0.1) is 11.8 Å². The molecule has 7 rings (SSSR count). The molecule has 5 aliphatic rings. The summed E-state index contributed by atoms with van der Waals surface area (Å²) < 4.78 is 45.7. The van der Waals surface area contributed by atoms with E-state index in [-0.39, 0.29) is 25.8 Å². The van der Waals surface area contributed by atoms with Crippen molar-refractivity contribution in [2.75, 3.05) is 27.1 Å². The van der Waals surface area contributed by atoms with Gasteiger partial charge in [-0.1, -0.05) is 0 Å². The molecule has 0 saturated carbocycles. The van der Waals surface area contributed by atoms with Crippen LogP contribution in [-0.4, -0.2) is 90.5 Å². The van der Waals surface area contributed by atoms with E-state index >= 15 is 0 Å². The molecule has 2 aromatic rings. The summed E-state index contributed by atoms with van der Waals surface area (Å²) in [5.41, 5.74) is 1.76. The summed E-state index contributed by atoms with van der Waals surface area (Å²) in [5, 5.41) is 42.6. The van der Waals surface area contributed by atoms with Crippen molar-refractivity contribution in [3.8, 4) is 28.7 Å². The zero-order valence-corrected chi connectivity index (χ0v) is 22.2. The number of phenolic OH excluding ortho intramolecular Hbond substituents is 2. The highest BCUT2D eigenvalue weighted by atomic mass is 16.8. The Morgan fingerprint density at radius 1 is 0.927 bits per heavy atom. The first-order valence-corrected chi connectivity index (χ1v) is 13.4. The zero-order chi connectivity index (χ0) is 28.6. The maximum atomic E-state index is 13.3. The number of carbonyl (C=O) groups is 1. The Balaban J connectivity index is 1.31. The molecule has 4 aliphatic heterocycles. The fourth-order valence-electron chi connectivity index (χ4n) is 6.59. The molecule has 3 fully saturated rings. The number of esters is 1. The lowest BCUT2D eigenvalue weighted by Gasteiger charge is -2.47. The predicted molar refractivity (Wildman–Crippen MR) is 133 cm³/mol. The molecule has 0 amide bonds. The summed E-state index contributed by atoms with van der Waals surface area (Å²) in [4.78, 5) is 13.3. The van der Waals surface area contributed by atoms with Gasteiger partial charge in [0.1, 0.15) is 24.4 Å². The molecule has 220 valence electrons. The Bertz CT molecular complexity index is 1360. The van der Waals surface area contributed by atoms with Crippen LogP contribution in [0.3, 0.4) is 0 Å². The Morgan fingerprint density at radius 2 is 1.68 bits per heavy atom. The Morgan fingerprint density at radius 3 is 2.44 bits per heavy atom. The number of phenols is 2. The normalized spacial score (nSPS) is 37.1. The van der Waals surface area contributed by atoms with Gasteiger partial charge in [0.15, 0.2) is 35.6 Å². The molecule has 4 heterocycles. The maximum Gasteiger partial charge on any atom is 0.310 e. The van der Waals surface area contributed by atoms with Crippen LogP contribution >= 0.6 is 0 Å². The molecule has 10 atom stereocenters. The molecular weight excluding hydrogens is 544 g/mol. The third-order valence-corrected chi connectivity index (χ3v) is 8.54. The molecule has 0 spiro atoms. The van der Waals surface area contributed by atoms with E-state index in [0.29, 0.717) is 28.2 Å². The molecule has 0 radical (unpaired) electrons. The number of methoxy groups -OCH3 is 1. The second-order valence-electron chi connectivity index (χ2n) is 10.8. The van der Waals surface area contributed by atoms with Gasteiger partial charge < -0.3 is 58.3 Å². The first-order chi connectivity index (χ1) is 19.7. The van der Waals surface area contributed by atoms with Crippen LogP contribution in [0.1, 0.15) is 35.6 Å². The van der Waals surface area contributed by atoms with Gasteiger partial charge >= 0.3 is 5.97 Å². The van der Waals surface area contributed by atoms with Crippen LogP contribution in [0.2, 0.25) is 0 Å². The van der Waals surface area contributed by atoms with Gasteiger partial charge in [-0.05, 0) is 47.9 Å². The fourth-order valence-corrected chi connectivity index (χ4v) is 6.59. The van der Waals surface area contributed by atoms with E-state index in [9.17, 15) is 25.2 Å². The summed E-state index contributed by atoms with van der Waals surface area (Å²) in [6, 6.07) is 6.46. The minimum atomic E-state index is -1.45. The van der Waals surface area contributed by atoms with Crippen LogP contribution in [0.15, 0.2) is 24.3 Å². The van der Waals surface area contributed by atoms with Crippen molar-refractivity contribution in [3.63, 3.8) is 0 Å². The SMILES string of the molecule is COc1cc([C@@H]2c3cc4c(cc3[C@@H](O[C@@H]3O[C@@H]5CO[C@@H](C)O[C@H]5[C@H](O)[C@H]3O)[C@@H]3COC(=O)[C@H]23)OCO4)cc(O)c1O. The maximum absolute atomic E-state index is 13.3. The molecule has 3 saturated heterocycles. The minimum absolute atomic E-state index is 0.00920. The van der Waals surface area contributed by atoms with Gasteiger partial charge in [0.2, 0.25) is 12.5 Å². The summed E-state index contributed by atoms with van der Waals surface area (Å²) in [5.74, 6) is -2.30. The van der Waals surface area contributed by atoms with Crippen molar-refractivity contribution in [2.24, 2.45) is 11.8 Å². The van der Waals surface area contributed by atoms with Crippen molar-refractivity contribution in [3.05, 3.63) is 41.0 Å². The van der Waals surface area contributed by atoms with E-state index in [4.69, 9.17) is 37.9 Å². The average Bonchev–Trinajstić information content (AvgIpc) is 3.58. The van der Waals surface area contributed by atoms with Crippen LogP contribution in [0.25, 0.3) is 0 Å². The van der Waals surface area contributed by atoms with Crippen molar-refractivity contribution in [1.82, 2.24) is 0 Å². The highest BCUT2D eigenvalue weighted by Gasteiger charge is 2.56. The van der Waals surface area contributed by atoms with Crippen molar-refractivity contribution in [1.29, 1.82) is 0 Å². The lowest BCUT2D eigenvalue weighted by molar-refractivity contribution is -0.364. The first kappa shape index (κ1) is 26.6. The molecule has 2 aromatic carbocycles. The molecule has 13 nitrogen and oxygen atoms in total. The van der Waals surface area contributed by atoms with Gasteiger partial charge in [-0.2, -0.15) is 0 Å². The highest BCUT2D eigenvalue weighted by Crippen LogP contribution is 2.57. The number of aromatic hydroxyl groups is 2. The third kappa shape index (κ3) is 4.18. The quantitative estimate of drug-likeness (QED) is 0.302. The monoisotopic (exact) mass is 574 g/mol. The molecule has 0 unspecified atom stereocenters. The Kier molecular flexibility index (Phi) is 6.41. The third-order valence-electron chi connectivity index (χ3n) is 8.54. The van der Waals surface area contributed by atoms with Gasteiger partial charge in [0, 0.05) is 11.8 Å². The number of rotatable bonds is 4. The molecule has 0 aromatic heterocycles. The number of aliphatic hydroxyl groups excluding tert-OH is 2. The van der Waals surface area contributed by atoms with Gasteiger partial charge in [0.05, 0.1) is 32.3 Å². The van der Waals surface area contributed by atoms with Gasteiger partial charge in [0.25, 0.3) is 0 Å². The van der Waals surface area contributed by atoms with Crippen LogP contribution < -0.4 is 14.2 Å². The number of carbonyl (C=O) groups excluding carboxylic acids is 1. The Labute approximate surface area is 234 Å². The smallest absolute Gasteiger partial charge is 0.310 e. The van der Waals surface area contributed by atoms with E-state index in [0.717, 1.165) is 0 Å². The summed E-state index contributed by atoms with van der Waals surface area (Å²) in [7, 11) is 1.36. The molecular formula is C28H30O13. The topological polar surface area (TPSA) is 172 Å². The second-order valence-corrected chi connectivity index (χ2v) is 10.8. The van der Waals surface area contributed by atoms with E-state index in [1.165, 1.54) is 13.2 Å². The summed E-state index contributed by atoms with van der Waals surface area (Å²) in [6.07, 6.45) is -6.91. The van der Waals surface area contributed by atoms with E-state index < -0.39 is 78.3 Å². The molecule has 0 bridgehead atoms. The number of ether oxygens (including phenoxy) is 8. The first-order valence-electron chi connectivity index (χ1n) is 13.4. The number of hydrogen-bond donors (Lipinski definition) is 4. The molecule has 4 N–H and O–H groups in total. The Hall–Kier alpha value is -3.33. The lowest BCUT2D eigenvalue weighted by Crippen LogP contribution is -2.63. The average molecular weight is 575 g/mol. The standard InChI is InChI=1S/C28H30O13/c1-10-35-8-19-26(39-10)23(31)24(32)28(40-19)41-25-13-6-17-16(37-9-38-17)5-12(13)20(21-14(25)7-36-27(21)33)11-3-15(29)22(30)18(4-11)34-2/h3-6,10,14,19-21,23-26,28-32H,7-9H2,1-2H3/t10-,14-,19-,20-,21+,23-,24-,25-,26-,28+/m1/s1.